The number of anilines is 1. The van der Waals surface area contributed by atoms with Crippen LogP contribution in [-0.4, -0.2) is 33.4 Å². The van der Waals surface area contributed by atoms with E-state index in [1.54, 1.807) is 19.9 Å². The molecule has 1 atom stereocenters. The molecule has 0 bridgehead atoms. The van der Waals surface area contributed by atoms with Gasteiger partial charge in [0.2, 0.25) is 5.91 Å². The van der Waals surface area contributed by atoms with Crippen LogP contribution in [-0.2, 0) is 11.3 Å². The summed E-state index contributed by atoms with van der Waals surface area (Å²) < 4.78 is 6.73. The monoisotopic (exact) mass is 277 g/mol. The van der Waals surface area contributed by atoms with Crippen LogP contribution in [0.2, 0.25) is 0 Å². The van der Waals surface area contributed by atoms with E-state index in [1.807, 2.05) is 24.0 Å². The zero-order valence-corrected chi connectivity index (χ0v) is 11.9. The van der Waals surface area contributed by atoms with Gasteiger partial charge in [0.1, 0.15) is 5.76 Å². The highest BCUT2D eigenvalue weighted by Gasteiger charge is 2.13. The molecule has 0 saturated heterocycles. The standard InChI is InChI=1S/C13H19N5O2/c1-9-7-15-18(8-9)5-4-14-11(3)13(19)16-12-6-10(2)20-17-12/h6-8,11,14H,4-5H2,1-3H3,(H,16,17,19)/t11-/m0/s1. The normalized spacial score (nSPS) is 12.3. The molecular weight excluding hydrogens is 258 g/mol. The van der Waals surface area contributed by atoms with E-state index in [-0.39, 0.29) is 11.9 Å². The number of aryl methyl sites for hydroxylation is 2. The van der Waals surface area contributed by atoms with Crippen molar-refractivity contribution in [2.24, 2.45) is 0 Å². The lowest BCUT2D eigenvalue weighted by molar-refractivity contribution is -0.117. The van der Waals surface area contributed by atoms with Gasteiger partial charge in [-0.25, -0.2) is 0 Å². The fraction of sp³-hybridized carbons (Fsp3) is 0.462. The van der Waals surface area contributed by atoms with Crippen LogP contribution in [0.25, 0.3) is 0 Å². The number of rotatable bonds is 6. The van der Waals surface area contributed by atoms with Gasteiger partial charge in [-0.2, -0.15) is 5.10 Å². The number of nitrogens with one attached hydrogen (secondary N) is 2. The van der Waals surface area contributed by atoms with E-state index in [0.717, 1.165) is 5.56 Å². The van der Waals surface area contributed by atoms with E-state index in [4.69, 9.17) is 4.52 Å². The van der Waals surface area contributed by atoms with Crippen LogP contribution in [0.1, 0.15) is 18.2 Å². The lowest BCUT2D eigenvalue weighted by Gasteiger charge is -2.12. The average molecular weight is 277 g/mol. The van der Waals surface area contributed by atoms with Crippen molar-refractivity contribution in [2.45, 2.75) is 33.4 Å². The van der Waals surface area contributed by atoms with Crippen molar-refractivity contribution in [1.29, 1.82) is 0 Å². The summed E-state index contributed by atoms with van der Waals surface area (Å²) in [7, 11) is 0. The Kier molecular flexibility index (Phi) is 4.52. The van der Waals surface area contributed by atoms with Crippen molar-refractivity contribution in [3.63, 3.8) is 0 Å². The molecule has 2 rings (SSSR count). The van der Waals surface area contributed by atoms with Crippen LogP contribution >= 0.6 is 0 Å². The predicted octanol–water partition coefficient (Wildman–Crippen LogP) is 1.10. The summed E-state index contributed by atoms with van der Waals surface area (Å²) in [5.41, 5.74) is 1.12. The number of nitrogens with zero attached hydrogens (tertiary/aromatic N) is 3. The maximum absolute atomic E-state index is 11.9. The van der Waals surface area contributed by atoms with Crippen LogP contribution in [0, 0.1) is 13.8 Å². The van der Waals surface area contributed by atoms with E-state index in [9.17, 15) is 4.79 Å². The third-order valence-electron chi connectivity index (χ3n) is 2.83. The van der Waals surface area contributed by atoms with Gasteiger partial charge < -0.3 is 15.2 Å². The largest absolute Gasteiger partial charge is 0.360 e. The Morgan fingerprint density at radius 1 is 1.50 bits per heavy atom. The molecule has 0 unspecified atom stereocenters. The van der Waals surface area contributed by atoms with E-state index < -0.39 is 0 Å². The Hall–Kier alpha value is -2.15. The van der Waals surface area contributed by atoms with Crippen molar-refractivity contribution in [2.75, 3.05) is 11.9 Å². The quantitative estimate of drug-likeness (QED) is 0.826. The topological polar surface area (TPSA) is 85.0 Å². The SMILES string of the molecule is Cc1cnn(CCN[C@@H](C)C(=O)Nc2cc(C)on2)c1. The van der Waals surface area contributed by atoms with Gasteiger partial charge in [0.05, 0.1) is 18.8 Å². The first-order valence-corrected chi connectivity index (χ1v) is 6.51. The van der Waals surface area contributed by atoms with Gasteiger partial charge in [-0.15, -0.1) is 0 Å². The molecule has 7 nitrogen and oxygen atoms in total. The molecule has 0 aliphatic rings. The molecule has 0 radical (unpaired) electrons. The highest BCUT2D eigenvalue weighted by Crippen LogP contribution is 2.07. The smallest absolute Gasteiger partial charge is 0.242 e. The Labute approximate surface area is 117 Å². The fourth-order valence-electron chi connectivity index (χ4n) is 1.74. The summed E-state index contributed by atoms with van der Waals surface area (Å²) >= 11 is 0. The average Bonchev–Trinajstić information content (AvgIpc) is 2.98. The minimum Gasteiger partial charge on any atom is -0.360 e. The van der Waals surface area contributed by atoms with Gasteiger partial charge in [0.15, 0.2) is 5.82 Å². The number of hydrogen-bond acceptors (Lipinski definition) is 5. The zero-order chi connectivity index (χ0) is 14.5. The molecule has 2 aromatic rings. The molecule has 0 spiro atoms. The minimum absolute atomic E-state index is 0.144. The second-order valence-corrected chi connectivity index (χ2v) is 4.77. The van der Waals surface area contributed by atoms with E-state index in [2.05, 4.69) is 20.9 Å². The highest BCUT2D eigenvalue weighted by molar-refractivity contribution is 5.93. The number of carbonyl (C=O) groups is 1. The molecule has 0 aliphatic carbocycles. The summed E-state index contributed by atoms with van der Waals surface area (Å²) in [5.74, 6) is 0.953. The second-order valence-electron chi connectivity index (χ2n) is 4.77. The highest BCUT2D eigenvalue weighted by atomic mass is 16.5. The third-order valence-corrected chi connectivity index (χ3v) is 2.83. The van der Waals surface area contributed by atoms with E-state index in [1.165, 1.54) is 0 Å². The number of amides is 1. The molecule has 7 heteroatoms. The van der Waals surface area contributed by atoms with E-state index in [0.29, 0.717) is 24.7 Å². The Morgan fingerprint density at radius 3 is 2.90 bits per heavy atom. The lowest BCUT2D eigenvalue weighted by atomic mass is 10.3. The van der Waals surface area contributed by atoms with Gasteiger partial charge in [-0.1, -0.05) is 5.16 Å². The van der Waals surface area contributed by atoms with Gasteiger partial charge in [0.25, 0.3) is 0 Å². The van der Waals surface area contributed by atoms with Crippen LogP contribution in [0.3, 0.4) is 0 Å². The van der Waals surface area contributed by atoms with Gasteiger partial charge >= 0.3 is 0 Å². The van der Waals surface area contributed by atoms with Crippen molar-refractivity contribution >= 4 is 11.7 Å². The lowest BCUT2D eigenvalue weighted by Crippen LogP contribution is -2.39. The molecule has 2 N–H and O–H groups in total. The number of aromatic nitrogens is 3. The molecule has 108 valence electrons. The third kappa shape index (κ3) is 3.92. The molecule has 0 fully saturated rings. The van der Waals surface area contributed by atoms with Gasteiger partial charge in [-0.05, 0) is 26.3 Å². The van der Waals surface area contributed by atoms with E-state index >= 15 is 0 Å². The summed E-state index contributed by atoms with van der Waals surface area (Å²) in [6, 6.07) is 1.36. The minimum atomic E-state index is -0.316. The van der Waals surface area contributed by atoms with Crippen LogP contribution in [0.5, 0.6) is 0 Å². The Morgan fingerprint density at radius 2 is 2.30 bits per heavy atom. The summed E-state index contributed by atoms with van der Waals surface area (Å²) in [5, 5.41) is 13.7. The van der Waals surface area contributed by atoms with Crippen LogP contribution in [0.15, 0.2) is 23.0 Å². The van der Waals surface area contributed by atoms with Gasteiger partial charge in [0, 0.05) is 18.8 Å². The van der Waals surface area contributed by atoms with Crippen molar-refractivity contribution in [1.82, 2.24) is 20.3 Å². The molecule has 0 aliphatic heterocycles. The molecule has 1 amide bonds. The molecule has 2 heterocycles. The summed E-state index contributed by atoms with van der Waals surface area (Å²) in [4.78, 5) is 11.9. The Bertz CT molecular complexity index is 575. The molecular formula is C13H19N5O2. The number of carbonyl (C=O) groups excluding carboxylic acids is 1. The van der Waals surface area contributed by atoms with Gasteiger partial charge in [-0.3, -0.25) is 9.48 Å². The fourth-order valence-corrected chi connectivity index (χ4v) is 1.74. The summed E-state index contributed by atoms with van der Waals surface area (Å²) in [6.07, 6.45) is 3.77. The van der Waals surface area contributed by atoms with Crippen LogP contribution in [0.4, 0.5) is 5.82 Å². The first kappa shape index (κ1) is 14.3. The maximum Gasteiger partial charge on any atom is 0.242 e. The van der Waals surface area contributed by atoms with Crippen molar-refractivity contribution < 1.29 is 9.32 Å². The second kappa shape index (κ2) is 6.33. The first-order chi connectivity index (χ1) is 9.54. The number of hydrogen-bond donors (Lipinski definition) is 2. The van der Waals surface area contributed by atoms with Crippen molar-refractivity contribution in [3.8, 4) is 0 Å². The molecule has 0 aromatic carbocycles. The zero-order valence-electron chi connectivity index (χ0n) is 11.9. The summed E-state index contributed by atoms with van der Waals surface area (Å²) in [6.45, 7) is 6.95. The molecule has 20 heavy (non-hydrogen) atoms. The first-order valence-electron chi connectivity index (χ1n) is 6.51. The van der Waals surface area contributed by atoms with Crippen LogP contribution < -0.4 is 10.6 Å². The molecule has 0 saturated carbocycles. The Balaban J connectivity index is 1.73. The van der Waals surface area contributed by atoms with Crippen molar-refractivity contribution in [3.05, 3.63) is 29.8 Å². The predicted molar refractivity (Wildman–Crippen MR) is 74.3 cm³/mol. The maximum atomic E-state index is 11.9. The molecule has 2 aromatic heterocycles.